The Morgan fingerprint density at radius 2 is 1.89 bits per heavy atom. The fourth-order valence-corrected chi connectivity index (χ4v) is 6.99. The van der Waals surface area contributed by atoms with Gasteiger partial charge in [0, 0.05) is 48.6 Å². The first-order chi connectivity index (χ1) is 17.9. The molecule has 0 bridgehead atoms. The van der Waals surface area contributed by atoms with Crippen LogP contribution in [-0.4, -0.2) is 41.4 Å². The first kappa shape index (κ1) is 24.4. The quantitative estimate of drug-likeness (QED) is 0.461. The van der Waals surface area contributed by atoms with Crippen LogP contribution in [0.3, 0.4) is 0 Å². The molecule has 3 aromatic rings. The zero-order chi connectivity index (χ0) is 25.8. The number of pyridine rings is 1. The van der Waals surface area contributed by atoms with Gasteiger partial charge in [0.2, 0.25) is 11.2 Å². The van der Waals surface area contributed by atoms with Crippen molar-refractivity contribution in [2.24, 2.45) is 0 Å². The summed E-state index contributed by atoms with van der Waals surface area (Å²) in [5, 5.41) is 1.98. The van der Waals surface area contributed by atoms with E-state index in [1.54, 1.807) is 28.9 Å². The van der Waals surface area contributed by atoms with Crippen LogP contribution < -0.4 is 15.0 Å². The van der Waals surface area contributed by atoms with Gasteiger partial charge in [-0.05, 0) is 29.7 Å². The highest BCUT2D eigenvalue weighted by Gasteiger charge is 2.47. The Kier molecular flexibility index (Phi) is 6.21. The molecule has 1 saturated heterocycles. The van der Waals surface area contributed by atoms with Crippen LogP contribution in [0.2, 0.25) is 0 Å². The molecule has 11 heteroatoms. The van der Waals surface area contributed by atoms with E-state index in [1.807, 2.05) is 38.7 Å². The van der Waals surface area contributed by atoms with Crippen LogP contribution in [0.4, 0.5) is 8.78 Å². The molecular formula is C26H24F2N3O4PS. The van der Waals surface area contributed by atoms with Gasteiger partial charge >= 0.3 is 0 Å². The molecule has 1 unspecified atom stereocenters. The number of piperidine rings is 1. The minimum atomic E-state index is -0.903. The van der Waals surface area contributed by atoms with Crippen molar-refractivity contribution in [3.8, 4) is 5.75 Å². The highest BCUT2D eigenvalue weighted by molar-refractivity contribution is 7.98. The standard InChI is InChI=1S/C26H24F2N3O4PS/c1-34-14-8-10-29-21(12-14)31(30-11-9-19(32)25(35-36)24(30)26(29)33)23-15-6-7-18(27)22(28)17(15)13-37-20-5-3-2-4-16(20)23/h2-7,9,11,14,21,23H,8,10,12-13,36H2,1H3/t14-,21-,23+/m1/s1. The van der Waals surface area contributed by atoms with Crippen LogP contribution in [0, 0.1) is 11.6 Å². The fraction of sp³-hybridized carbons (Fsp3) is 0.308. The molecule has 1 fully saturated rings. The summed E-state index contributed by atoms with van der Waals surface area (Å²) in [5.74, 6) is -1.94. The van der Waals surface area contributed by atoms with Crippen molar-refractivity contribution >= 4 is 27.1 Å². The lowest BCUT2D eigenvalue weighted by Gasteiger charge is -2.53. The van der Waals surface area contributed by atoms with Gasteiger partial charge in [0.15, 0.2) is 17.3 Å². The predicted octanol–water partition coefficient (Wildman–Crippen LogP) is 4.22. The van der Waals surface area contributed by atoms with Crippen LogP contribution in [0.5, 0.6) is 5.75 Å². The fourth-order valence-electron chi connectivity index (χ4n) is 5.65. The maximum Gasteiger partial charge on any atom is 0.278 e. The molecule has 0 aliphatic carbocycles. The molecule has 0 radical (unpaired) electrons. The molecular weight excluding hydrogens is 519 g/mol. The molecule has 4 atom stereocenters. The molecule has 4 heterocycles. The lowest BCUT2D eigenvalue weighted by molar-refractivity contribution is -0.00285. The van der Waals surface area contributed by atoms with Crippen LogP contribution in [0.25, 0.3) is 0 Å². The second-order valence-corrected chi connectivity index (χ2v) is 10.5. The molecule has 0 spiro atoms. The molecule has 1 aromatic heterocycles. The SMILES string of the molecule is CO[C@@H]1CCN2C(=O)c3c(OP)c(=O)ccn3N([C@@H]3c4ccccc4SCc4c3ccc(F)c4F)[C@@H]2C1. The van der Waals surface area contributed by atoms with E-state index in [4.69, 9.17) is 9.26 Å². The van der Waals surface area contributed by atoms with Gasteiger partial charge in [0.25, 0.3) is 5.91 Å². The number of nitrogens with zero attached hydrogens (tertiary/aromatic N) is 3. The monoisotopic (exact) mass is 543 g/mol. The van der Waals surface area contributed by atoms with E-state index in [2.05, 4.69) is 0 Å². The van der Waals surface area contributed by atoms with Crippen molar-refractivity contribution in [2.75, 3.05) is 18.7 Å². The Morgan fingerprint density at radius 1 is 1.08 bits per heavy atom. The van der Waals surface area contributed by atoms with Gasteiger partial charge < -0.3 is 14.2 Å². The summed E-state index contributed by atoms with van der Waals surface area (Å²) in [6.07, 6.45) is 2.11. The van der Waals surface area contributed by atoms with Crippen molar-refractivity contribution in [3.05, 3.63) is 92.9 Å². The number of thioether (sulfide) groups is 1. The summed E-state index contributed by atoms with van der Waals surface area (Å²) in [5.41, 5.74) is 1.43. The largest absolute Gasteiger partial charge is 0.474 e. The maximum absolute atomic E-state index is 15.2. The number of rotatable bonds is 3. The summed E-state index contributed by atoms with van der Waals surface area (Å²) < 4.78 is 42.3. The van der Waals surface area contributed by atoms with E-state index in [9.17, 15) is 14.0 Å². The van der Waals surface area contributed by atoms with Gasteiger partial charge in [0.05, 0.1) is 21.6 Å². The number of methoxy groups -OCH3 is 1. The van der Waals surface area contributed by atoms with E-state index < -0.39 is 29.3 Å². The molecule has 7 nitrogen and oxygen atoms in total. The van der Waals surface area contributed by atoms with E-state index in [1.165, 1.54) is 17.8 Å². The first-order valence-corrected chi connectivity index (χ1v) is 13.3. The van der Waals surface area contributed by atoms with Crippen molar-refractivity contribution in [1.82, 2.24) is 9.58 Å². The number of carbonyl (C=O) groups is 1. The average Bonchev–Trinajstić information content (AvgIpc) is 3.08. The molecule has 0 N–H and O–H groups in total. The van der Waals surface area contributed by atoms with Gasteiger partial charge in [-0.3, -0.25) is 19.3 Å². The summed E-state index contributed by atoms with van der Waals surface area (Å²) in [4.78, 5) is 29.1. The summed E-state index contributed by atoms with van der Waals surface area (Å²) in [6, 6.07) is 11.3. The van der Waals surface area contributed by atoms with Crippen LogP contribution in [-0.2, 0) is 10.5 Å². The van der Waals surface area contributed by atoms with E-state index in [-0.39, 0.29) is 34.8 Å². The summed E-state index contributed by atoms with van der Waals surface area (Å²) in [6.45, 7) is 0.408. The molecule has 2 aromatic carbocycles. The molecule has 37 heavy (non-hydrogen) atoms. The molecule has 0 saturated carbocycles. The van der Waals surface area contributed by atoms with Crippen molar-refractivity contribution in [2.45, 2.75) is 41.8 Å². The van der Waals surface area contributed by atoms with Crippen molar-refractivity contribution < 1.29 is 22.8 Å². The third kappa shape index (κ3) is 3.76. The Bertz CT molecular complexity index is 1470. The maximum atomic E-state index is 15.2. The number of amides is 1. The van der Waals surface area contributed by atoms with Gasteiger partial charge in [-0.1, -0.05) is 24.3 Å². The number of aromatic nitrogens is 1. The first-order valence-electron chi connectivity index (χ1n) is 11.9. The normalized spacial score (nSPS) is 22.5. The predicted molar refractivity (Wildman–Crippen MR) is 138 cm³/mol. The zero-order valence-corrected chi connectivity index (χ0v) is 21.9. The van der Waals surface area contributed by atoms with Gasteiger partial charge in [-0.2, -0.15) is 0 Å². The van der Waals surface area contributed by atoms with Gasteiger partial charge in [-0.15, -0.1) is 11.8 Å². The lowest BCUT2D eigenvalue weighted by Crippen LogP contribution is -2.65. The number of hydrogen-bond acceptors (Lipinski definition) is 6. The molecule has 3 aliphatic rings. The number of benzene rings is 2. The van der Waals surface area contributed by atoms with Gasteiger partial charge in [-0.25, -0.2) is 8.78 Å². The minimum Gasteiger partial charge on any atom is -0.474 e. The molecule has 6 rings (SSSR count). The number of fused-ring (bicyclic) bond motifs is 4. The minimum absolute atomic E-state index is 0.0865. The average molecular weight is 544 g/mol. The Balaban J connectivity index is 1.67. The molecule has 192 valence electrons. The highest BCUT2D eigenvalue weighted by atomic mass is 32.2. The highest BCUT2D eigenvalue weighted by Crippen LogP contribution is 2.46. The van der Waals surface area contributed by atoms with E-state index >= 15 is 4.39 Å². The third-order valence-electron chi connectivity index (χ3n) is 7.41. The van der Waals surface area contributed by atoms with Crippen LogP contribution >= 0.6 is 21.2 Å². The number of halogens is 2. The van der Waals surface area contributed by atoms with Crippen molar-refractivity contribution in [3.63, 3.8) is 0 Å². The van der Waals surface area contributed by atoms with E-state index in [0.29, 0.717) is 24.9 Å². The van der Waals surface area contributed by atoms with E-state index in [0.717, 1.165) is 16.5 Å². The Hall–Kier alpha value is -2.94. The second kappa shape index (κ2) is 9.42. The smallest absolute Gasteiger partial charge is 0.278 e. The van der Waals surface area contributed by atoms with Gasteiger partial charge in [0.1, 0.15) is 6.17 Å². The number of carbonyl (C=O) groups excluding carboxylic acids is 1. The topological polar surface area (TPSA) is 64.0 Å². The van der Waals surface area contributed by atoms with Crippen LogP contribution in [0.15, 0.2) is 58.4 Å². The molecule has 1 amide bonds. The Morgan fingerprint density at radius 3 is 2.68 bits per heavy atom. The van der Waals surface area contributed by atoms with Crippen molar-refractivity contribution in [1.29, 1.82) is 0 Å². The summed E-state index contributed by atoms with van der Waals surface area (Å²) in [7, 11) is 3.69. The zero-order valence-electron chi connectivity index (χ0n) is 19.9. The van der Waals surface area contributed by atoms with Crippen LogP contribution in [0.1, 0.15) is 46.1 Å². The Labute approximate surface area is 218 Å². The number of ether oxygens (including phenoxy) is 1. The lowest BCUT2D eigenvalue weighted by atomic mass is 9.91. The summed E-state index contributed by atoms with van der Waals surface area (Å²) >= 11 is 1.44. The molecule has 3 aliphatic heterocycles. The third-order valence-corrected chi connectivity index (χ3v) is 8.76. The number of hydrogen-bond donors (Lipinski definition) is 0. The second-order valence-electron chi connectivity index (χ2n) is 9.22.